The molecule has 0 fully saturated rings. The van der Waals surface area contributed by atoms with Gasteiger partial charge in [0.25, 0.3) is 8.32 Å². The van der Waals surface area contributed by atoms with Crippen LogP contribution in [0.25, 0.3) is 12.2 Å². The second kappa shape index (κ2) is 8.03. The van der Waals surface area contributed by atoms with E-state index in [1.165, 1.54) is 0 Å². The van der Waals surface area contributed by atoms with E-state index in [2.05, 4.69) is 33.9 Å². The lowest BCUT2D eigenvalue weighted by molar-refractivity contribution is 0.171. The van der Waals surface area contributed by atoms with Crippen LogP contribution in [0.5, 0.6) is 28.7 Å². The van der Waals surface area contributed by atoms with Crippen molar-refractivity contribution in [1.29, 1.82) is 0 Å². The van der Waals surface area contributed by atoms with E-state index in [1.807, 2.05) is 42.5 Å². The maximum Gasteiger partial charge on any atom is 0.250 e. The number of rotatable bonds is 6. The van der Waals surface area contributed by atoms with Gasteiger partial charge in [-0.2, -0.15) is 0 Å². The predicted molar refractivity (Wildman–Crippen MR) is 119 cm³/mol. The molecule has 156 valence electrons. The van der Waals surface area contributed by atoms with Crippen molar-refractivity contribution in [3.8, 4) is 28.7 Å². The number of fused-ring (bicyclic) bond motifs is 1. The van der Waals surface area contributed by atoms with E-state index in [0.29, 0.717) is 17.2 Å². The fourth-order valence-corrected chi connectivity index (χ4v) is 3.76. The summed E-state index contributed by atoms with van der Waals surface area (Å²) in [4.78, 5) is 0. The molecule has 0 N–H and O–H groups in total. The molecule has 0 bridgehead atoms. The summed E-state index contributed by atoms with van der Waals surface area (Å²) in [6, 6.07) is 9.86. The number of ether oxygens (including phenoxy) is 4. The molecule has 6 heteroatoms. The first-order valence-electron chi connectivity index (χ1n) is 9.67. The fraction of sp³-hybridized carbons (Fsp3) is 0.391. The van der Waals surface area contributed by atoms with E-state index < -0.39 is 8.32 Å². The molecule has 0 amide bonds. The molecule has 29 heavy (non-hydrogen) atoms. The molecule has 2 aromatic rings. The summed E-state index contributed by atoms with van der Waals surface area (Å²) >= 11 is 0. The first-order valence-corrected chi connectivity index (χ1v) is 12.6. The number of hydrogen-bond acceptors (Lipinski definition) is 5. The number of hydrogen-bond donors (Lipinski definition) is 0. The predicted octanol–water partition coefficient (Wildman–Crippen LogP) is 5.99. The Morgan fingerprint density at radius 1 is 0.862 bits per heavy atom. The zero-order valence-corrected chi connectivity index (χ0v) is 19.3. The Morgan fingerprint density at radius 2 is 1.52 bits per heavy atom. The van der Waals surface area contributed by atoms with Crippen LogP contribution in [-0.2, 0) is 0 Å². The highest BCUT2D eigenvalue weighted by atomic mass is 28.4. The third kappa shape index (κ3) is 4.53. The quantitative estimate of drug-likeness (QED) is 0.429. The van der Waals surface area contributed by atoms with E-state index in [1.54, 1.807) is 14.2 Å². The van der Waals surface area contributed by atoms with Gasteiger partial charge in [0, 0.05) is 0 Å². The average molecular weight is 415 g/mol. The summed E-state index contributed by atoms with van der Waals surface area (Å²) in [5.41, 5.74) is 1.99. The maximum atomic E-state index is 6.50. The second-order valence-corrected chi connectivity index (χ2v) is 13.3. The van der Waals surface area contributed by atoms with Crippen molar-refractivity contribution in [2.24, 2.45) is 0 Å². The molecule has 0 saturated heterocycles. The highest BCUT2D eigenvalue weighted by Crippen LogP contribution is 2.43. The molecule has 1 aliphatic rings. The van der Waals surface area contributed by atoms with Crippen molar-refractivity contribution in [3.63, 3.8) is 0 Å². The van der Waals surface area contributed by atoms with E-state index in [9.17, 15) is 0 Å². The van der Waals surface area contributed by atoms with Crippen molar-refractivity contribution in [3.05, 3.63) is 41.5 Å². The largest absolute Gasteiger partial charge is 0.541 e. The third-order valence-corrected chi connectivity index (χ3v) is 9.85. The van der Waals surface area contributed by atoms with Gasteiger partial charge in [0.2, 0.25) is 12.5 Å². The molecule has 0 aromatic heterocycles. The van der Waals surface area contributed by atoms with Gasteiger partial charge in [0.1, 0.15) is 5.75 Å². The molecule has 1 heterocycles. The van der Waals surface area contributed by atoms with Crippen molar-refractivity contribution < 1.29 is 23.4 Å². The fourth-order valence-electron chi connectivity index (χ4n) is 2.74. The third-order valence-electron chi connectivity index (χ3n) is 5.51. The summed E-state index contributed by atoms with van der Waals surface area (Å²) in [6.07, 6.45) is 4.05. The Kier molecular flexibility index (Phi) is 5.84. The summed E-state index contributed by atoms with van der Waals surface area (Å²) in [5, 5.41) is 0.104. The van der Waals surface area contributed by atoms with Crippen molar-refractivity contribution in [2.45, 2.75) is 38.9 Å². The molecular weight excluding hydrogens is 384 g/mol. The molecule has 1 aliphatic heterocycles. The van der Waals surface area contributed by atoms with Crippen LogP contribution in [0, 0.1) is 0 Å². The Hall–Kier alpha value is -2.60. The Bertz CT molecular complexity index is 912. The molecular formula is C23H30O5Si. The summed E-state index contributed by atoms with van der Waals surface area (Å²) < 4.78 is 28.4. The average Bonchev–Trinajstić information content (AvgIpc) is 3.13. The zero-order valence-electron chi connectivity index (χ0n) is 18.3. The van der Waals surface area contributed by atoms with E-state index in [-0.39, 0.29) is 11.8 Å². The first kappa shape index (κ1) is 21.1. The first-order chi connectivity index (χ1) is 13.6. The number of benzene rings is 2. The number of methoxy groups -OCH3 is 2. The van der Waals surface area contributed by atoms with Gasteiger partial charge in [0.05, 0.1) is 14.2 Å². The molecule has 0 unspecified atom stereocenters. The van der Waals surface area contributed by atoms with Crippen LogP contribution in [0.15, 0.2) is 30.3 Å². The normalized spacial score (nSPS) is 13.6. The maximum absolute atomic E-state index is 6.50. The van der Waals surface area contributed by atoms with Gasteiger partial charge < -0.3 is 23.4 Å². The molecule has 2 aromatic carbocycles. The topological polar surface area (TPSA) is 46.2 Å². The van der Waals surface area contributed by atoms with Crippen LogP contribution >= 0.6 is 0 Å². The lowest BCUT2D eigenvalue weighted by Crippen LogP contribution is -2.43. The summed E-state index contributed by atoms with van der Waals surface area (Å²) in [7, 11) is 1.31. The molecule has 0 atom stereocenters. The van der Waals surface area contributed by atoms with Gasteiger partial charge in [-0.25, -0.2) is 0 Å². The molecule has 0 spiro atoms. The van der Waals surface area contributed by atoms with Crippen LogP contribution in [0.3, 0.4) is 0 Å². The van der Waals surface area contributed by atoms with Gasteiger partial charge in [-0.1, -0.05) is 39.0 Å². The van der Waals surface area contributed by atoms with Crippen molar-refractivity contribution in [2.75, 3.05) is 21.0 Å². The minimum atomic E-state index is -1.98. The Balaban J connectivity index is 1.89. The Morgan fingerprint density at radius 3 is 2.17 bits per heavy atom. The van der Waals surface area contributed by atoms with Gasteiger partial charge in [-0.15, -0.1) is 0 Å². The van der Waals surface area contributed by atoms with Crippen molar-refractivity contribution >= 4 is 20.5 Å². The van der Waals surface area contributed by atoms with Crippen LogP contribution < -0.4 is 23.4 Å². The molecule has 5 nitrogen and oxygen atoms in total. The minimum absolute atomic E-state index is 0.104. The lowest BCUT2D eigenvalue weighted by atomic mass is 10.1. The molecule has 0 aliphatic carbocycles. The highest BCUT2D eigenvalue weighted by molar-refractivity contribution is 6.74. The van der Waals surface area contributed by atoms with Gasteiger partial charge >= 0.3 is 0 Å². The van der Waals surface area contributed by atoms with Crippen LogP contribution in [0.1, 0.15) is 31.9 Å². The van der Waals surface area contributed by atoms with Gasteiger partial charge in [0.15, 0.2) is 17.2 Å². The summed E-state index contributed by atoms with van der Waals surface area (Å²) in [5.74, 6) is 3.54. The minimum Gasteiger partial charge on any atom is -0.541 e. The van der Waals surface area contributed by atoms with Gasteiger partial charge in [-0.3, -0.25) is 0 Å². The van der Waals surface area contributed by atoms with E-state index >= 15 is 0 Å². The molecule has 3 rings (SSSR count). The van der Waals surface area contributed by atoms with E-state index in [4.69, 9.17) is 23.4 Å². The standard InChI is InChI=1S/C23H30O5Si/c1-23(2,3)29(6,7)28-19-12-16(10-11-18(19)24-4)8-9-17-13-20(25-5)22-21(14-17)26-15-27-22/h8-14H,15H2,1-7H3/b9-8-. The summed E-state index contributed by atoms with van der Waals surface area (Å²) in [6.45, 7) is 11.3. The smallest absolute Gasteiger partial charge is 0.250 e. The monoisotopic (exact) mass is 414 g/mol. The zero-order chi connectivity index (χ0) is 21.2. The van der Waals surface area contributed by atoms with Crippen LogP contribution in [0.2, 0.25) is 18.1 Å². The Labute approximate surface area is 174 Å². The van der Waals surface area contributed by atoms with Gasteiger partial charge in [-0.05, 0) is 53.5 Å². The molecule has 0 saturated carbocycles. The lowest BCUT2D eigenvalue weighted by Gasteiger charge is -2.36. The second-order valence-electron chi connectivity index (χ2n) is 8.56. The molecule has 0 radical (unpaired) electrons. The highest BCUT2D eigenvalue weighted by Gasteiger charge is 2.39. The van der Waals surface area contributed by atoms with Crippen LogP contribution in [0.4, 0.5) is 0 Å². The SMILES string of the molecule is COc1ccc(/C=C\c2cc(OC)c3c(c2)OCO3)cc1O[Si](C)(C)C(C)(C)C. The van der Waals surface area contributed by atoms with Crippen LogP contribution in [-0.4, -0.2) is 29.3 Å². The van der Waals surface area contributed by atoms with E-state index in [0.717, 1.165) is 22.6 Å². The van der Waals surface area contributed by atoms with Crippen molar-refractivity contribution in [1.82, 2.24) is 0 Å².